The van der Waals surface area contributed by atoms with Gasteiger partial charge in [0.2, 0.25) is 0 Å². The highest BCUT2D eigenvalue weighted by molar-refractivity contribution is 7.99. The van der Waals surface area contributed by atoms with Crippen LogP contribution in [0.25, 0.3) is 11.0 Å². The second-order valence-corrected chi connectivity index (χ2v) is 7.50. The van der Waals surface area contributed by atoms with Gasteiger partial charge >= 0.3 is 0 Å². The molecule has 2 aromatic heterocycles. The highest BCUT2D eigenvalue weighted by Gasteiger charge is 2.16. The lowest BCUT2D eigenvalue weighted by Gasteiger charge is -2.23. The van der Waals surface area contributed by atoms with E-state index >= 15 is 0 Å². The smallest absolute Gasteiger partial charge is 0.160 e. The number of hydrogen-bond donors (Lipinski definition) is 1. The molecule has 1 saturated heterocycles. The Morgan fingerprint density at radius 3 is 2.76 bits per heavy atom. The number of pyridine rings is 1. The van der Waals surface area contributed by atoms with Crippen molar-refractivity contribution in [1.29, 1.82) is 0 Å². The third-order valence-electron chi connectivity index (χ3n) is 4.61. The van der Waals surface area contributed by atoms with Gasteiger partial charge in [0.25, 0.3) is 0 Å². The molecule has 3 heterocycles. The van der Waals surface area contributed by atoms with Crippen molar-refractivity contribution in [3.05, 3.63) is 48.3 Å². The topological polar surface area (TPSA) is 52.0 Å². The molecule has 1 aliphatic heterocycles. The number of methoxy groups -OCH3 is 1. The van der Waals surface area contributed by atoms with E-state index in [4.69, 9.17) is 4.74 Å². The summed E-state index contributed by atoms with van der Waals surface area (Å²) in [6.45, 7) is 0.698. The first-order valence-corrected chi connectivity index (χ1v) is 9.77. The molecule has 6 heteroatoms. The van der Waals surface area contributed by atoms with Gasteiger partial charge in [-0.2, -0.15) is 16.9 Å². The van der Waals surface area contributed by atoms with Gasteiger partial charge in [-0.3, -0.25) is 0 Å². The second-order valence-electron chi connectivity index (χ2n) is 6.28. The predicted octanol–water partition coefficient (Wildman–Crippen LogP) is 3.80. The van der Waals surface area contributed by atoms with E-state index in [-0.39, 0.29) is 0 Å². The maximum Gasteiger partial charge on any atom is 0.160 e. The fourth-order valence-corrected chi connectivity index (χ4v) is 4.29. The van der Waals surface area contributed by atoms with Crippen LogP contribution in [0, 0.1) is 0 Å². The van der Waals surface area contributed by atoms with Gasteiger partial charge in [0.15, 0.2) is 5.65 Å². The number of fused-ring (bicyclic) bond motifs is 1. The number of anilines is 1. The molecular weight excluding hydrogens is 332 g/mol. The molecule has 5 nitrogen and oxygen atoms in total. The van der Waals surface area contributed by atoms with Crippen molar-refractivity contribution in [3.8, 4) is 5.75 Å². The highest BCUT2D eigenvalue weighted by atomic mass is 32.2. The molecule has 3 aromatic rings. The Labute approximate surface area is 151 Å². The molecule has 0 amide bonds. The third kappa shape index (κ3) is 3.58. The first-order valence-electron chi connectivity index (χ1n) is 8.61. The molecule has 1 N–H and O–H groups in total. The van der Waals surface area contributed by atoms with Crippen LogP contribution in [0.3, 0.4) is 0 Å². The number of ether oxygens (including phenoxy) is 1. The molecule has 0 atom stereocenters. The van der Waals surface area contributed by atoms with Crippen molar-refractivity contribution in [2.24, 2.45) is 0 Å². The van der Waals surface area contributed by atoms with Gasteiger partial charge in [-0.25, -0.2) is 9.67 Å². The van der Waals surface area contributed by atoms with Crippen molar-refractivity contribution in [2.45, 2.75) is 25.4 Å². The quantitative estimate of drug-likeness (QED) is 0.755. The molecule has 0 bridgehead atoms. The average molecular weight is 354 g/mol. The monoisotopic (exact) mass is 354 g/mol. The summed E-state index contributed by atoms with van der Waals surface area (Å²) in [7, 11) is 1.68. The zero-order valence-corrected chi connectivity index (χ0v) is 15.1. The van der Waals surface area contributed by atoms with Crippen LogP contribution in [0.2, 0.25) is 0 Å². The van der Waals surface area contributed by atoms with E-state index in [1.54, 1.807) is 7.11 Å². The number of nitrogens with one attached hydrogen (secondary N) is 1. The van der Waals surface area contributed by atoms with E-state index in [1.807, 2.05) is 41.0 Å². The molecular formula is C19H22N4OS. The van der Waals surface area contributed by atoms with Gasteiger partial charge in [0.1, 0.15) is 5.75 Å². The van der Waals surface area contributed by atoms with Crippen LogP contribution in [-0.2, 0) is 6.54 Å². The van der Waals surface area contributed by atoms with Gasteiger partial charge < -0.3 is 10.1 Å². The Morgan fingerprint density at radius 1 is 1.20 bits per heavy atom. The van der Waals surface area contributed by atoms with Gasteiger partial charge in [0, 0.05) is 17.9 Å². The Morgan fingerprint density at radius 2 is 2.00 bits per heavy atom. The minimum atomic E-state index is 0.553. The maximum atomic E-state index is 5.22. The molecule has 0 aliphatic carbocycles. The zero-order chi connectivity index (χ0) is 17.1. The molecule has 4 rings (SSSR count). The SMILES string of the molecule is COc1ccc(Cn2ncc3c(NC4CCSCC4)ccnc32)cc1. The molecule has 0 radical (unpaired) electrons. The number of nitrogens with zero attached hydrogens (tertiary/aromatic N) is 3. The summed E-state index contributed by atoms with van der Waals surface area (Å²) < 4.78 is 7.18. The van der Waals surface area contributed by atoms with Crippen molar-refractivity contribution in [2.75, 3.05) is 23.9 Å². The van der Waals surface area contributed by atoms with E-state index in [9.17, 15) is 0 Å². The van der Waals surface area contributed by atoms with E-state index < -0.39 is 0 Å². The van der Waals surface area contributed by atoms with E-state index in [2.05, 4.69) is 33.6 Å². The first kappa shape index (κ1) is 16.3. The van der Waals surface area contributed by atoms with Gasteiger partial charge in [0.05, 0.1) is 25.2 Å². The van der Waals surface area contributed by atoms with Crippen LogP contribution in [0.1, 0.15) is 18.4 Å². The Balaban J connectivity index is 1.57. The number of aromatic nitrogens is 3. The molecule has 1 fully saturated rings. The van der Waals surface area contributed by atoms with Crippen molar-refractivity contribution >= 4 is 28.5 Å². The molecule has 1 aromatic carbocycles. The molecule has 25 heavy (non-hydrogen) atoms. The van der Waals surface area contributed by atoms with Crippen LogP contribution in [0.5, 0.6) is 5.75 Å². The molecule has 0 spiro atoms. The Hall–Kier alpha value is -2.21. The van der Waals surface area contributed by atoms with Gasteiger partial charge in [-0.15, -0.1) is 0 Å². The van der Waals surface area contributed by atoms with Crippen LogP contribution in [0.4, 0.5) is 5.69 Å². The summed E-state index contributed by atoms with van der Waals surface area (Å²) in [5.74, 6) is 3.34. The summed E-state index contributed by atoms with van der Waals surface area (Å²) in [6, 6.07) is 10.7. The summed E-state index contributed by atoms with van der Waals surface area (Å²) in [4.78, 5) is 4.56. The predicted molar refractivity (Wildman–Crippen MR) is 104 cm³/mol. The summed E-state index contributed by atoms with van der Waals surface area (Å²) in [5, 5.41) is 9.35. The van der Waals surface area contributed by atoms with Crippen molar-refractivity contribution in [1.82, 2.24) is 14.8 Å². The van der Waals surface area contributed by atoms with Crippen LogP contribution < -0.4 is 10.1 Å². The average Bonchev–Trinajstić information content (AvgIpc) is 3.07. The van der Waals surface area contributed by atoms with Crippen LogP contribution >= 0.6 is 11.8 Å². The maximum absolute atomic E-state index is 5.22. The van der Waals surface area contributed by atoms with E-state index in [0.717, 1.165) is 22.5 Å². The van der Waals surface area contributed by atoms with Crippen LogP contribution in [-0.4, -0.2) is 39.4 Å². The van der Waals surface area contributed by atoms with E-state index in [1.165, 1.54) is 29.9 Å². The van der Waals surface area contributed by atoms with Gasteiger partial charge in [-0.05, 0) is 48.1 Å². The number of rotatable bonds is 5. The lowest BCUT2D eigenvalue weighted by Crippen LogP contribution is -2.24. The first-order chi connectivity index (χ1) is 12.3. The van der Waals surface area contributed by atoms with Crippen molar-refractivity contribution in [3.63, 3.8) is 0 Å². The Bertz CT molecular complexity index is 840. The standard InChI is InChI=1S/C19H22N4OS/c1-24-16-4-2-14(3-5-16)13-23-19-17(12-21-23)18(6-9-20-19)22-15-7-10-25-11-8-15/h2-6,9,12,15H,7-8,10-11,13H2,1H3,(H,20,22). The minimum Gasteiger partial charge on any atom is -0.497 e. The lowest BCUT2D eigenvalue weighted by atomic mass is 10.1. The molecule has 0 unspecified atom stereocenters. The largest absolute Gasteiger partial charge is 0.497 e. The second kappa shape index (κ2) is 7.35. The summed E-state index contributed by atoms with van der Waals surface area (Å²) >= 11 is 2.04. The third-order valence-corrected chi connectivity index (χ3v) is 5.66. The van der Waals surface area contributed by atoms with Crippen LogP contribution in [0.15, 0.2) is 42.7 Å². The molecule has 0 saturated carbocycles. The Kier molecular flexibility index (Phi) is 4.78. The van der Waals surface area contributed by atoms with Gasteiger partial charge in [-0.1, -0.05) is 12.1 Å². The number of thioether (sulfide) groups is 1. The fourth-order valence-electron chi connectivity index (χ4n) is 3.18. The molecule has 130 valence electrons. The molecule has 1 aliphatic rings. The number of benzene rings is 1. The summed E-state index contributed by atoms with van der Waals surface area (Å²) in [5.41, 5.74) is 3.24. The van der Waals surface area contributed by atoms with E-state index in [0.29, 0.717) is 12.6 Å². The lowest BCUT2D eigenvalue weighted by molar-refractivity contribution is 0.414. The zero-order valence-electron chi connectivity index (χ0n) is 14.3. The normalized spacial score (nSPS) is 15.4. The number of hydrogen-bond acceptors (Lipinski definition) is 5. The summed E-state index contributed by atoms with van der Waals surface area (Å²) in [6.07, 6.45) is 6.23. The van der Waals surface area contributed by atoms with Crippen molar-refractivity contribution < 1.29 is 4.74 Å². The highest BCUT2D eigenvalue weighted by Crippen LogP contribution is 2.26. The minimum absolute atomic E-state index is 0.553. The fraction of sp³-hybridized carbons (Fsp3) is 0.368.